The first kappa shape index (κ1) is 18.0. The molecule has 0 aliphatic heterocycles. The minimum atomic E-state index is -0.453. The van der Waals surface area contributed by atoms with Gasteiger partial charge in [0.2, 0.25) is 11.7 Å². The predicted octanol–water partition coefficient (Wildman–Crippen LogP) is 4.49. The van der Waals surface area contributed by atoms with Gasteiger partial charge in [0, 0.05) is 28.8 Å². The first-order valence-electron chi connectivity index (χ1n) is 7.97. The Morgan fingerprint density at radius 3 is 2.77 bits per heavy atom. The topological polar surface area (TPSA) is 85.3 Å². The first-order valence-corrected chi connectivity index (χ1v) is 8.35. The van der Waals surface area contributed by atoms with E-state index >= 15 is 0 Å². The van der Waals surface area contributed by atoms with Gasteiger partial charge in [0.25, 0.3) is 5.69 Å². The van der Waals surface area contributed by atoms with Gasteiger partial charge < -0.3 is 4.52 Å². The lowest BCUT2D eigenvalue weighted by Crippen LogP contribution is -2.22. The van der Waals surface area contributed by atoms with Crippen LogP contribution < -0.4 is 0 Å². The number of benzene rings is 2. The summed E-state index contributed by atoms with van der Waals surface area (Å²) in [5, 5.41) is 15.5. The molecule has 0 saturated carbocycles. The van der Waals surface area contributed by atoms with Crippen LogP contribution in [0.15, 0.2) is 53.1 Å². The van der Waals surface area contributed by atoms with Crippen LogP contribution in [-0.2, 0) is 6.54 Å². The molecule has 3 aromatic rings. The lowest BCUT2D eigenvalue weighted by Gasteiger charge is -2.23. The van der Waals surface area contributed by atoms with Crippen molar-refractivity contribution in [2.45, 2.75) is 19.5 Å². The molecule has 0 aliphatic carbocycles. The third kappa shape index (κ3) is 4.07. The van der Waals surface area contributed by atoms with Crippen molar-refractivity contribution < 1.29 is 9.45 Å². The molecule has 0 fully saturated rings. The van der Waals surface area contributed by atoms with Crippen molar-refractivity contribution in [1.82, 2.24) is 15.0 Å². The highest BCUT2D eigenvalue weighted by Crippen LogP contribution is 2.25. The maximum absolute atomic E-state index is 10.9. The van der Waals surface area contributed by atoms with Crippen molar-refractivity contribution in [1.29, 1.82) is 0 Å². The number of nitro benzene ring substituents is 1. The second-order valence-electron chi connectivity index (χ2n) is 5.97. The van der Waals surface area contributed by atoms with Gasteiger partial charge in [0.15, 0.2) is 0 Å². The predicted molar refractivity (Wildman–Crippen MR) is 97.7 cm³/mol. The van der Waals surface area contributed by atoms with Crippen LogP contribution in [0.2, 0.25) is 5.02 Å². The lowest BCUT2D eigenvalue weighted by molar-refractivity contribution is -0.384. The minimum absolute atomic E-state index is 0.0134. The third-order valence-electron chi connectivity index (χ3n) is 4.16. The molecule has 0 N–H and O–H groups in total. The summed E-state index contributed by atoms with van der Waals surface area (Å²) in [4.78, 5) is 16.8. The van der Waals surface area contributed by atoms with Gasteiger partial charge in [-0.25, -0.2) is 0 Å². The highest BCUT2D eigenvalue weighted by Gasteiger charge is 2.17. The molecule has 3 rings (SSSR count). The summed E-state index contributed by atoms with van der Waals surface area (Å²) in [6.45, 7) is 2.50. The van der Waals surface area contributed by atoms with E-state index in [4.69, 9.17) is 16.1 Å². The zero-order chi connectivity index (χ0) is 18.7. The van der Waals surface area contributed by atoms with Crippen LogP contribution in [0.25, 0.3) is 11.4 Å². The Morgan fingerprint density at radius 2 is 2.04 bits per heavy atom. The van der Waals surface area contributed by atoms with Crippen molar-refractivity contribution in [2.75, 3.05) is 7.05 Å². The molecule has 134 valence electrons. The number of halogens is 1. The molecule has 1 aromatic heterocycles. The Bertz CT molecular complexity index is 928. The molecule has 0 saturated heterocycles. The van der Waals surface area contributed by atoms with Gasteiger partial charge in [-0.15, -0.1) is 0 Å². The molecule has 8 heteroatoms. The number of hydrogen-bond donors (Lipinski definition) is 0. The van der Waals surface area contributed by atoms with Crippen LogP contribution in [0.5, 0.6) is 0 Å². The minimum Gasteiger partial charge on any atom is -0.338 e. The molecule has 0 bridgehead atoms. The molecule has 0 amide bonds. The Labute approximate surface area is 155 Å². The Hall–Kier alpha value is -2.77. The van der Waals surface area contributed by atoms with Gasteiger partial charge in [-0.05, 0) is 31.7 Å². The normalized spacial score (nSPS) is 12.3. The summed E-state index contributed by atoms with van der Waals surface area (Å²) in [6, 6.07) is 13.9. The molecular formula is C18H17ClN4O3. The van der Waals surface area contributed by atoms with E-state index in [-0.39, 0.29) is 11.7 Å². The van der Waals surface area contributed by atoms with E-state index in [2.05, 4.69) is 22.0 Å². The van der Waals surface area contributed by atoms with Crippen LogP contribution in [0, 0.1) is 10.1 Å². The zero-order valence-corrected chi connectivity index (χ0v) is 15.1. The average Bonchev–Trinajstić information content (AvgIpc) is 3.09. The number of nitro groups is 1. The molecule has 0 spiro atoms. The Morgan fingerprint density at radius 1 is 1.27 bits per heavy atom. The maximum Gasteiger partial charge on any atom is 0.270 e. The van der Waals surface area contributed by atoms with Crippen molar-refractivity contribution in [3.05, 3.63) is 75.1 Å². The Kier molecular flexibility index (Phi) is 5.29. The van der Waals surface area contributed by atoms with Crippen molar-refractivity contribution in [2.24, 2.45) is 0 Å². The number of non-ortho nitro benzene ring substituents is 1. The molecule has 1 unspecified atom stereocenters. The number of aromatic nitrogens is 2. The lowest BCUT2D eigenvalue weighted by atomic mass is 10.1. The van der Waals surface area contributed by atoms with Gasteiger partial charge in [-0.1, -0.05) is 41.0 Å². The van der Waals surface area contributed by atoms with E-state index < -0.39 is 4.92 Å². The quantitative estimate of drug-likeness (QED) is 0.468. The third-order valence-corrected chi connectivity index (χ3v) is 4.40. The largest absolute Gasteiger partial charge is 0.338 e. The number of nitrogens with zero attached hydrogens (tertiary/aromatic N) is 4. The SMILES string of the molecule is CC(c1cccc(Cl)c1)N(C)Cc1nc(-c2cccc([N+](=O)[O-])c2)no1. The van der Waals surface area contributed by atoms with Crippen LogP contribution in [0.3, 0.4) is 0 Å². The van der Waals surface area contributed by atoms with Gasteiger partial charge >= 0.3 is 0 Å². The van der Waals surface area contributed by atoms with Crippen LogP contribution in [0.4, 0.5) is 5.69 Å². The fraction of sp³-hybridized carbons (Fsp3) is 0.222. The molecule has 2 aromatic carbocycles. The average molecular weight is 373 g/mol. The number of hydrogen-bond acceptors (Lipinski definition) is 6. The Balaban J connectivity index is 1.74. The number of rotatable bonds is 6. The summed E-state index contributed by atoms with van der Waals surface area (Å²) in [5.74, 6) is 0.760. The molecule has 7 nitrogen and oxygen atoms in total. The summed E-state index contributed by atoms with van der Waals surface area (Å²) in [5.41, 5.74) is 1.61. The summed E-state index contributed by atoms with van der Waals surface area (Å²) < 4.78 is 5.30. The van der Waals surface area contributed by atoms with E-state index in [1.165, 1.54) is 12.1 Å². The van der Waals surface area contributed by atoms with Crippen molar-refractivity contribution in [3.63, 3.8) is 0 Å². The highest BCUT2D eigenvalue weighted by atomic mass is 35.5. The van der Waals surface area contributed by atoms with Crippen LogP contribution >= 0.6 is 11.6 Å². The van der Waals surface area contributed by atoms with Crippen molar-refractivity contribution >= 4 is 17.3 Å². The monoisotopic (exact) mass is 372 g/mol. The molecule has 1 atom stereocenters. The first-order chi connectivity index (χ1) is 12.4. The second-order valence-corrected chi connectivity index (χ2v) is 6.40. The molecule has 1 heterocycles. The van der Waals surface area contributed by atoms with E-state index in [1.807, 2.05) is 31.3 Å². The molecular weight excluding hydrogens is 356 g/mol. The van der Waals surface area contributed by atoms with Gasteiger partial charge in [0.05, 0.1) is 11.5 Å². The van der Waals surface area contributed by atoms with E-state index in [1.54, 1.807) is 12.1 Å². The fourth-order valence-electron chi connectivity index (χ4n) is 2.57. The highest BCUT2D eigenvalue weighted by molar-refractivity contribution is 6.30. The summed E-state index contributed by atoms with van der Waals surface area (Å²) in [7, 11) is 1.95. The zero-order valence-electron chi connectivity index (χ0n) is 14.3. The van der Waals surface area contributed by atoms with E-state index in [0.29, 0.717) is 28.8 Å². The molecule has 26 heavy (non-hydrogen) atoms. The standard InChI is InChI=1S/C18H17ClN4O3/c1-12(13-5-3-7-15(19)9-13)22(2)11-17-20-18(21-26-17)14-6-4-8-16(10-14)23(24)25/h3-10,12H,11H2,1-2H3. The van der Waals surface area contributed by atoms with Crippen LogP contribution in [0.1, 0.15) is 24.4 Å². The second kappa shape index (κ2) is 7.63. The molecule has 0 aliphatic rings. The van der Waals surface area contributed by atoms with Gasteiger partial charge in [0.1, 0.15) is 0 Å². The fourth-order valence-corrected chi connectivity index (χ4v) is 2.76. The summed E-state index contributed by atoms with van der Waals surface area (Å²) in [6.07, 6.45) is 0. The van der Waals surface area contributed by atoms with Gasteiger partial charge in [-0.2, -0.15) is 4.98 Å². The van der Waals surface area contributed by atoms with Crippen molar-refractivity contribution in [3.8, 4) is 11.4 Å². The van der Waals surface area contributed by atoms with E-state index in [9.17, 15) is 10.1 Å². The van der Waals surface area contributed by atoms with E-state index in [0.717, 1.165) is 5.56 Å². The molecule has 0 radical (unpaired) electrons. The summed E-state index contributed by atoms with van der Waals surface area (Å²) >= 11 is 6.05. The van der Waals surface area contributed by atoms with Crippen LogP contribution in [-0.4, -0.2) is 27.0 Å². The van der Waals surface area contributed by atoms with Gasteiger partial charge in [-0.3, -0.25) is 15.0 Å². The maximum atomic E-state index is 10.9. The smallest absolute Gasteiger partial charge is 0.270 e.